The van der Waals surface area contributed by atoms with Gasteiger partial charge in [-0.1, -0.05) is 49.4 Å². The largest absolute Gasteiger partial charge is 0.192 e. The minimum atomic E-state index is 0.420. The van der Waals surface area contributed by atoms with E-state index >= 15 is 0 Å². The second-order valence-electron chi connectivity index (χ2n) is 4.11. The number of nitrogens with zero attached hydrogens (tertiary/aromatic N) is 1. The molecule has 0 aliphatic carbocycles. The predicted octanol–water partition coefficient (Wildman–Crippen LogP) is 4.10. The van der Waals surface area contributed by atoms with Gasteiger partial charge in [0.25, 0.3) is 0 Å². The second-order valence-corrected chi connectivity index (χ2v) is 4.11. The Balaban J connectivity index is 2.33. The molecule has 0 amide bonds. The Morgan fingerprint density at radius 1 is 0.941 bits per heavy atom. The van der Waals surface area contributed by atoms with Crippen molar-refractivity contribution >= 4 is 0 Å². The minimum absolute atomic E-state index is 0.420. The van der Waals surface area contributed by atoms with Gasteiger partial charge in [-0.25, -0.2) is 0 Å². The molecule has 0 saturated carbocycles. The summed E-state index contributed by atoms with van der Waals surface area (Å²) >= 11 is 0. The van der Waals surface area contributed by atoms with Crippen molar-refractivity contribution in [3.8, 4) is 6.07 Å². The lowest BCUT2D eigenvalue weighted by atomic mass is 9.89. The van der Waals surface area contributed by atoms with Gasteiger partial charge in [-0.2, -0.15) is 5.26 Å². The van der Waals surface area contributed by atoms with Crippen LogP contribution in [0, 0.1) is 11.3 Å². The summed E-state index contributed by atoms with van der Waals surface area (Å²) in [7, 11) is 0. The Hall–Kier alpha value is -2.07. The molecule has 0 spiro atoms. The average molecular weight is 221 g/mol. The molecule has 0 fully saturated rings. The Kier molecular flexibility index (Phi) is 3.57. The van der Waals surface area contributed by atoms with Gasteiger partial charge in [-0.3, -0.25) is 0 Å². The molecule has 0 aromatic heterocycles. The molecule has 0 heterocycles. The molecule has 1 atom stereocenters. The van der Waals surface area contributed by atoms with Crippen molar-refractivity contribution in [2.24, 2.45) is 0 Å². The van der Waals surface area contributed by atoms with Gasteiger partial charge in [0.1, 0.15) is 0 Å². The van der Waals surface area contributed by atoms with Crippen LogP contribution in [-0.2, 0) is 0 Å². The summed E-state index contributed by atoms with van der Waals surface area (Å²) in [5.41, 5.74) is 3.33. The lowest BCUT2D eigenvalue weighted by Crippen LogP contribution is -1.99. The van der Waals surface area contributed by atoms with E-state index in [1.165, 1.54) is 11.1 Å². The van der Waals surface area contributed by atoms with Gasteiger partial charge in [0.15, 0.2) is 0 Å². The van der Waals surface area contributed by atoms with Crippen LogP contribution in [0.15, 0.2) is 54.6 Å². The fourth-order valence-corrected chi connectivity index (χ4v) is 2.14. The van der Waals surface area contributed by atoms with Crippen molar-refractivity contribution in [3.05, 3.63) is 71.3 Å². The van der Waals surface area contributed by atoms with Crippen molar-refractivity contribution in [2.75, 3.05) is 0 Å². The molecular weight excluding hydrogens is 206 g/mol. The monoisotopic (exact) mass is 221 g/mol. The summed E-state index contributed by atoms with van der Waals surface area (Å²) in [5, 5.41) is 8.79. The van der Waals surface area contributed by atoms with Crippen LogP contribution in [0.25, 0.3) is 0 Å². The van der Waals surface area contributed by atoms with Crippen molar-refractivity contribution in [1.29, 1.82) is 5.26 Å². The zero-order valence-electron chi connectivity index (χ0n) is 9.93. The van der Waals surface area contributed by atoms with Crippen LogP contribution < -0.4 is 0 Å². The quantitative estimate of drug-likeness (QED) is 0.765. The fraction of sp³-hybridized carbons (Fsp3) is 0.188. The first-order chi connectivity index (χ1) is 8.35. The highest BCUT2D eigenvalue weighted by atomic mass is 14.2. The van der Waals surface area contributed by atoms with Crippen molar-refractivity contribution < 1.29 is 0 Å². The first-order valence-corrected chi connectivity index (χ1v) is 5.90. The molecule has 2 aromatic carbocycles. The molecule has 1 unspecified atom stereocenters. The molecule has 0 bridgehead atoms. The van der Waals surface area contributed by atoms with Crippen LogP contribution in [0.1, 0.15) is 36.0 Å². The molecule has 17 heavy (non-hydrogen) atoms. The van der Waals surface area contributed by atoms with E-state index in [0.29, 0.717) is 5.92 Å². The topological polar surface area (TPSA) is 23.8 Å². The Morgan fingerprint density at radius 3 is 2.06 bits per heavy atom. The molecule has 2 aromatic rings. The highest BCUT2D eigenvalue weighted by Gasteiger charge is 2.11. The summed E-state index contributed by atoms with van der Waals surface area (Å²) in [6, 6.07) is 20.5. The molecular formula is C16H15N. The first kappa shape index (κ1) is 11.4. The molecule has 2 rings (SSSR count). The van der Waals surface area contributed by atoms with Crippen LogP contribution in [-0.4, -0.2) is 0 Å². The third kappa shape index (κ3) is 2.54. The average Bonchev–Trinajstić information content (AvgIpc) is 2.42. The van der Waals surface area contributed by atoms with E-state index in [0.717, 1.165) is 12.0 Å². The van der Waals surface area contributed by atoms with E-state index in [4.69, 9.17) is 5.26 Å². The highest BCUT2D eigenvalue weighted by Crippen LogP contribution is 2.27. The van der Waals surface area contributed by atoms with Gasteiger partial charge < -0.3 is 0 Å². The van der Waals surface area contributed by atoms with Gasteiger partial charge in [-0.15, -0.1) is 0 Å². The van der Waals surface area contributed by atoms with Gasteiger partial charge in [0, 0.05) is 5.92 Å². The minimum Gasteiger partial charge on any atom is -0.192 e. The summed E-state index contributed by atoms with van der Waals surface area (Å²) in [6.45, 7) is 2.19. The molecule has 0 radical (unpaired) electrons. The van der Waals surface area contributed by atoms with Gasteiger partial charge in [0.05, 0.1) is 11.6 Å². The maximum absolute atomic E-state index is 8.79. The maximum Gasteiger partial charge on any atom is 0.0991 e. The van der Waals surface area contributed by atoms with E-state index in [1.54, 1.807) is 0 Å². The summed E-state index contributed by atoms with van der Waals surface area (Å²) in [5.74, 6) is 0.420. The van der Waals surface area contributed by atoms with Gasteiger partial charge >= 0.3 is 0 Å². The molecule has 0 saturated heterocycles. The summed E-state index contributed by atoms with van der Waals surface area (Å²) in [6.07, 6.45) is 1.07. The Morgan fingerprint density at radius 2 is 1.53 bits per heavy atom. The maximum atomic E-state index is 8.79. The Labute approximate surface area is 102 Å². The van der Waals surface area contributed by atoms with E-state index in [2.05, 4.69) is 49.4 Å². The third-order valence-electron chi connectivity index (χ3n) is 3.05. The number of benzene rings is 2. The number of hydrogen-bond acceptors (Lipinski definition) is 1. The number of hydrogen-bond donors (Lipinski definition) is 0. The summed E-state index contributed by atoms with van der Waals surface area (Å²) in [4.78, 5) is 0. The molecule has 1 heteroatoms. The number of rotatable bonds is 3. The standard InChI is InChI=1S/C16H15N/c1-2-16(14-6-4-3-5-7-14)15-10-8-13(12-17)9-11-15/h3-11,16H,2H2,1H3. The van der Waals surface area contributed by atoms with Crippen molar-refractivity contribution in [2.45, 2.75) is 19.3 Å². The van der Waals surface area contributed by atoms with E-state index < -0.39 is 0 Å². The highest BCUT2D eigenvalue weighted by molar-refractivity contribution is 5.37. The second kappa shape index (κ2) is 5.32. The van der Waals surface area contributed by atoms with Crippen LogP contribution in [0.4, 0.5) is 0 Å². The van der Waals surface area contributed by atoms with Crippen molar-refractivity contribution in [3.63, 3.8) is 0 Å². The van der Waals surface area contributed by atoms with Crippen molar-refractivity contribution in [1.82, 2.24) is 0 Å². The Bertz CT molecular complexity index is 505. The van der Waals surface area contributed by atoms with Crippen LogP contribution in [0.2, 0.25) is 0 Å². The van der Waals surface area contributed by atoms with Crippen LogP contribution in [0.5, 0.6) is 0 Å². The number of nitriles is 1. The molecule has 84 valence electrons. The summed E-state index contributed by atoms with van der Waals surface area (Å²) < 4.78 is 0. The van der Waals surface area contributed by atoms with Crippen LogP contribution >= 0.6 is 0 Å². The lowest BCUT2D eigenvalue weighted by molar-refractivity contribution is 0.777. The fourth-order valence-electron chi connectivity index (χ4n) is 2.14. The molecule has 1 nitrogen and oxygen atoms in total. The SMILES string of the molecule is CCC(c1ccccc1)c1ccc(C#N)cc1. The zero-order valence-corrected chi connectivity index (χ0v) is 9.93. The van der Waals surface area contributed by atoms with E-state index in [-0.39, 0.29) is 0 Å². The van der Waals surface area contributed by atoms with Crippen LogP contribution in [0.3, 0.4) is 0 Å². The van der Waals surface area contributed by atoms with E-state index in [1.807, 2.05) is 18.2 Å². The molecule has 0 aliphatic heterocycles. The predicted molar refractivity (Wildman–Crippen MR) is 69.7 cm³/mol. The van der Waals surface area contributed by atoms with Gasteiger partial charge in [0.2, 0.25) is 0 Å². The van der Waals surface area contributed by atoms with E-state index in [9.17, 15) is 0 Å². The normalized spacial score (nSPS) is 11.8. The zero-order chi connectivity index (χ0) is 12.1. The first-order valence-electron chi connectivity index (χ1n) is 5.90. The molecule has 0 aliphatic rings. The van der Waals surface area contributed by atoms with Gasteiger partial charge in [-0.05, 0) is 29.7 Å². The lowest BCUT2D eigenvalue weighted by Gasteiger charge is -2.15. The molecule has 0 N–H and O–H groups in total. The smallest absolute Gasteiger partial charge is 0.0991 e. The third-order valence-corrected chi connectivity index (χ3v) is 3.05.